The molecule has 0 aromatic carbocycles. The number of anilines is 1. The zero-order chi connectivity index (χ0) is 16.0. The molecule has 6 nitrogen and oxygen atoms in total. The van der Waals surface area contributed by atoms with E-state index < -0.39 is 11.7 Å². The summed E-state index contributed by atoms with van der Waals surface area (Å²) in [7, 11) is 0. The van der Waals surface area contributed by atoms with Gasteiger partial charge in [0.25, 0.3) is 0 Å². The fourth-order valence-corrected chi connectivity index (χ4v) is 1.62. The van der Waals surface area contributed by atoms with Crippen LogP contribution in [0.5, 0.6) is 0 Å². The summed E-state index contributed by atoms with van der Waals surface area (Å²) in [6, 6.07) is 3.65. The van der Waals surface area contributed by atoms with Crippen LogP contribution >= 0.6 is 0 Å². The number of aromatic nitrogens is 1. The number of pyridine rings is 1. The van der Waals surface area contributed by atoms with Crippen molar-refractivity contribution >= 4 is 17.7 Å². The summed E-state index contributed by atoms with van der Waals surface area (Å²) in [6.45, 7) is 9.30. The number of ether oxygens (including phenoxy) is 1. The third kappa shape index (κ3) is 6.74. The van der Waals surface area contributed by atoms with Crippen LogP contribution in [0.15, 0.2) is 12.1 Å². The van der Waals surface area contributed by atoms with Crippen molar-refractivity contribution in [3.8, 4) is 0 Å². The highest BCUT2D eigenvalue weighted by molar-refractivity contribution is 5.91. The second-order valence-electron chi connectivity index (χ2n) is 5.81. The third-order valence-corrected chi connectivity index (χ3v) is 2.52. The van der Waals surface area contributed by atoms with Gasteiger partial charge in [-0.2, -0.15) is 0 Å². The topological polar surface area (TPSA) is 80.3 Å². The number of nitrogens with zero attached hydrogens (tertiary/aromatic N) is 1. The molecule has 21 heavy (non-hydrogen) atoms. The van der Waals surface area contributed by atoms with Gasteiger partial charge in [-0.1, -0.05) is 0 Å². The molecule has 1 heterocycles. The highest BCUT2D eigenvalue weighted by Gasteiger charge is 2.16. The molecule has 1 aromatic heterocycles. The van der Waals surface area contributed by atoms with E-state index in [1.165, 1.54) is 0 Å². The molecule has 2 N–H and O–H groups in total. The lowest BCUT2D eigenvalue weighted by atomic mass is 10.2. The molecule has 0 spiro atoms. The lowest BCUT2D eigenvalue weighted by Gasteiger charge is -2.19. The molecule has 0 radical (unpaired) electrons. The molecule has 0 saturated carbocycles. The Kier molecular flexibility index (Phi) is 5.69. The van der Waals surface area contributed by atoms with Gasteiger partial charge >= 0.3 is 6.09 Å². The van der Waals surface area contributed by atoms with E-state index in [4.69, 9.17) is 4.74 Å². The van der Waals surface area contributed by atoms with Gasteiger partial charge in [0, 0.05) is 18.7 Å². The van der Waals surface area contributed by atoms with Crippen LogP contribution in [-0.2, 0) is 9.53 Å². The predicted octanol–water partition coefficient (Wildman–Crippen LogP) is 2.55. The summed E-state index contributed by atoms with van der Waals surface area (Å²) in [5, 5.41) is 5.31. The minimum Gasteiger partial charge on any atom is -0.444 e. The molecule has 0 fully saturated rings. The number of amides is 2. The Hall–Kier alpha value is -2.11. The van der Waals surface area contributed by atoms with E-state index >= 15 is 0 Å². The maximum atomic E-state index is 11.8. The fourth-order valence-electron chi connectivity index (χ4n) is 1.62. The average molecular weight is 293 g/mol. The predicted molar refractivity (Wildman–Crippen MR) is 81.2 cm³/mol. The first kappa shape index (κ1) is 16.9. The van der Waals surface area contributed by atoms with Gasteiger partial charge in [0.1, 0.15) is 5.60 Å². The van der Waals surface area contributed by atoms with Crippen molar-refractivity contribution in [2.45, 2.75) is 46.6 Å². The Morgan fingerprint density at radius 1 is 1.24 bits per heavy atom. The number of alkyl carbamates (subject to hydrolysis) is 1. The second kappa shape index (κ2) is 7.06. The van der Waals surface area contributed by atoms with Crippen LogP contribution in [0, 0.1) is 13.8 Å². The van der Waals surface area contributed by atoms with Gasteiger partial charge in [0.2, 0.25) is 5.91 Å². The largest absolute Gasteiger partial charge is 0.444 e. The standard InChI is InChI=1S/C15H23N3O3/c1-10-6-7-12(11(2)17-10)18-13(19)8-9-16-14(20)21-15(3,4)5/h6-7H,8-9H2,1-5H3,(H,16,20)(H,18,19). The molecule has 1 aromatic rings. The summed E-state index contributed by atoms with van der Waals surface area (Å²) in [5.41, 5.74) is 1.81. The molecule has 0 aliphatic carbocycles. The molecule has 0 aliphatic rings. The summed E-state index contributed by atoms with van der Waals surface area (Å²) >= 11 is 0. The summed E-state index contributed by atoms with van der Waals surface area (Å²) < 4.78 is 5.08. The Labute approximate surface area is 125 Å². The van der Waals surface area contributed by atoms with Gasteiger partial charge in [0.15, 0.2) is 0 Å². The van der Waals surface area contributed by atoms with Crippen LogP contribution in [-0.4, -0.2) is 29.1 Å². The number of carbonyl (C=O) groups is 2. The van der Waals surface area contributed by atoms with Gasteiger partial charge in [0.05, 0.1) is 11.4 Å². The number of rotatable bonds is 4. The molecule has 116 valence electrons. The minimum atomic E-state index is -0.545. The van der Waals surface area contributed by atoms with Crippen LogP contribution in [0.25, 0.3) is 0 Å². The maximum absolute atomic E-state index is 11.8. The number of nitrogens with one attached hydrogen (secondary N) is 2. The van der Waals surface area contributed by atoms with Gasteiger partial charge in [-0.3, -0.25) is 9.78 Å². The van der Waals surface area contributed by atoms with Crippen molar-refractivity contribution < 1.29 is 14.3 Å². The van der Waals surface area contributed by atoms with E-state index in [1.807, 2.05) is 26.0 Å². The minimum absolute atomic E-state index is 0.173. The summed E-state index contributed by atoms with van der Waals surface area (Å²) in [5.74, 6) is -0.181. The van der Waals surface area contributed by atoms with Crippen LogP contribution in [0.2, 0.25) is 0 Å². The normalized spacial score (nSPS) is 10.9. The van der Waals surface area contributed by atoms with Gasteiger partial charge in [-0.15, -0.1) is 0 Å². The highest BCUT2D eigenvalue weighted by Crippen LogP contribution is 2.12. The number of aryl methyl sites for hydroxylation is 2. The van der Waals surface area contributed by atoms with Crippen LogP contribution in [0.1, 0.15) is 38.6 Å². The number of hydrogen-bond acceptors (Lipinski definition) is 4. The van der Waals surface area contributed by atoms with Gasteiger partial charge in [-0.25, -0.2) is 4.79 Å². The van der Waals surface area contributed by atoms with E-state index in [0.29, 0.717) is 5.69 Å². The molecule has 0 aliphatic heterocycles. The van der Waals surface area contributed by atoms with E-state index in [0.717, 1.165) is 11.4 Å². The molecule has 0 atom stereocenters. The second-order valence-corrected chi connectivity index (χ2v) is 5.81. The Morgan fingerprint density at radius 3 is 2.48 bits per heavy atom. The first-order valence-corrected chi connectivity index (χ1v) is 6.88. The van der Waals surface area contributed by atoms with Crippen LogP contribution < -0.4 is 10.6 Å². The van der Waals surface area contributed by atoms with Crippen molar-refractivity contribution in [1.82, 2.24) is 10.3 Å². The molecule has 0 unspecified atom stereocenters. The van der Waals surface area contributed by atoms with Crippen LogP contribution in [0.3, 0.4) is 0 Å². The molecule has 0 bridgehead atoms. The summed E-state index contributed by atoms with van der Waals surface area (Å²) in [4.78, 5) is 27.5. The number of carbonyl (C=O) groups excluding carboxylic acids is 2. The Bertz CT molecular complexity index is 521. The first-order valence-electron chi connectivity index (χ1n) is 6.88. The van der Waals surface area contributed by atoms with Crippen molar-refractivity contribution in [3.05, 3.63) is 23.5 Å². The zero-order valence-corrected chi connectivity index (χ0v) is 13.2. The maximum Gasteiger partial charge on any atom is 0.407 e. The lowest BCUT2D eigenvalue weighted by molar-refractivity contribution is -0.116. The zero-order valence-electron chi connectivity index (χ0n) is 13.2. The third-order valence-electron chi connectivity index (χ3n) is 2.52. The Morgan fingerprint density at radius 2 is 1.90 bits per heavy atom. The van der Waals surface area contributed by atoms with E-state index in [-0.39, 0.29) is 18.9 Å². The highest BCUT2D eigenvalue weighted by atomic mass is 16.6. The Balaban J connectivity index is 2.36. The van der Waals surface area contributed by atoms with Crippen molar-refractivity contribution in [1.29, 1.82) is 0 Å². The fraction of sp³-hybridized carbons (Fsp3) is 0.533. The molecule has 2 amide bonds. The quantitative estimate of drug-likeness (QED) is 0.894. The lowest BCUT2D eigenvalue weighted by Crippen LogP contribution is -2.34. The van der Waals surface area contributed by atoms with Gasteiger partial charge in [-0.05, 0) is 46.8 Å². The molecule has 1 rings (SSSR count). The molecule has 6 heteroatoms. The van der Waals surface area contributed by atoms with E-state index in [2.05, 4.69) is 15.6 Å². The van der Waals surface area contributed by atoms with Crippen molar-refractivity contribution in [2.24, 2.45) is 0 Å². The molecule has 0 saturated heterocycles. The average Bonchev–Trinajstić information content (AvgIpc) is 2.30. The first-order chi connectivity index (χ1) is 9.67. The SMILES string of the molecule is Cc1ccc(NC(=O)CCNC(=O)OC(C)(C)C)c(C)n1. The smallest absolute Gasteiger partial charge is 0.407 e. The van der Waals surface area contributed by atoms with E-state index in [1.54, 1.807) is 20.8 Å². The van der Waals surface area contributed by atoms with Gasteiger partial charge < -0.3 is 15.4 Å². The summed E-state index contributed by atoms with van der Waals surface area (Å²) in [6.07, 6.45) is -0.351. The van der Waals surface area contributed by atoms with Crippen molar-refractivity contribution in [3.63, 3.8) is 0 Å². The van der Waals surface area contributed by atoms with Crippen LogP contribution in [0.4, 0.5) is 10.5 Å². The molecular formula is C15H23N3O3. The van der Waals surface area contributed by atoms with E-state index in [9.17, 15) is 9.59 Å². The van der Waals surface area contributed by atoms with Crippen molar-refractivity contribution in [2.75, 3.05) is 11.9 Å². The number of hydrogen-bond donors (Lipinski definition) is 2. The monoisotopic (exact) mass is 293 g/mol. The molecular weight excluding hydrogens is 270 g/mol.